The summed E-state index contributed by atoms with van der Waals surface area (Å²) in [6.45, 7) is 4.81. The number of aryl methyl sites for hydroxylation is 1. The summed E-state index contributed by atoms with van der Waals surface area (Å²) in [6.07, 6.45) is 1.30. The van der Waals surface area contributed by atoms with Crippen molar-refractivity contribution in [2.24, 2.45) is 4.99 Å². The third-order valence-electron chi connectivity index (χ3n) is 5.17. The Bertz CT molecular complexity index is 860. The fourth-order valence-electron chi connectivity index (χ4n) is 3.51. The van der Waals surface area contributed by atoms with Gasteiger partial charge in [-0.25, -0.2) is 0 Å². The first-order valence-electron chi connectivity index (χ1n) is 10.0. The Labute approximate surface area is 196 Å². The van der Waals surface area contributed by atoms with E-state index < -0.39 is 0 Å². The van der Waals surface area contributed by atoms with Gasteiger partial charge in [-0.3, -0.25) is 9.79 Å². The van der Waals surface area contributed by atoms with Gasteiger partial charge in [-0.15, -0.1) is 24.0 Å². The molecule has 2 aromatic carbocycles. The summed E-state index contributed by atoms with van der Waals surface area (Å²) >= 11 is 0. The van der Waals surface area contributed by atoms with E-state index in [0.29, 0.717) is 25.5 Å². The van der Waals surface area contributed by atoms with Crippen molar-refractivity contribution in [3.63, 3.8) is 0 Å². The number of ether oxygens (including phenoxy) is 1. The third kappa shape index (κ3) is 6.35. The molecule has 0 bridgehead atoms. The number of carbonyl (C=O) groups excluding carboxylic acids is 1. The number of nitrogens with one attached hydrogen (secondary N) is 2. The van der Waals surface area contributed by atoms with Crippen LogP contribution >= 0.6 is 24.0 Å². The Balaban J connectivity index is 0.00000320. The topological polar surface area (TPSA) is 66.0 Å². The number of amides is 1. The average molecular weight is 522 g/mol. The van der Waals surface area contributed by atoms with Crippen LogP contribution in [0.5, 0.6) is 5.75 Å². The molecule has 162 valence electrons. The zero-order valence-corrected chi connectivity index (χ0v) is 20.2. The van der Waals surface area contributed by atoms with Crippen molar-refractivity contribution in [2.75, 3.05) is 20.7 Å². The fraction of sp³-hybridized carbons (Fsp3) is 0.391. The molecule has 0 saturated heterocycles. The van der Waals surface area contributed by atoms with Crippen LogP contribution < -0.4 is 15.4 Å². The van der Waals surface area contributed by atoms with E-state index in [1.54, 1.807) is 14.2 Å². The van der Waals surface area contributed by atoms with E-state index >= 15 is 0 Å². The van der Waals surface area contributed by atoms with Crippen LogP contribution in [0.1, 0.15) is 35.1 Å². The minimum Gasteiger partial charge on any atom is -0.496 e. The molecule has 0 atom stereocenters. The Kier molecular flexibility index (Phi) is 9.42. The SMILES string of the molecule is CN=C(NCCCC(=O)N1Cc2ccccc2C1)NCc1ccc(C)cc1OC.I. The number of hydrogen-bond acceptors (Lipinski definition) is 3. The molecule has 0 spiro atoms. The van der Waals surface area contributed by atoms with E-state index in [-0.39, 0.29) is 29.9 Å². The lowest BCUT2D eigenvalue weighted by Gasteiger charge is -2.16. The summed E-state index contributed by atoms with van der Waals surface area (Å²) < 4.78 is 5.45. The molecular weight excluding hydrogens is 491 g/mol. The van der Waals surface area contributed by atoms with Crippen LogP contribution in [0.3, 0.4) is 0 Å². The van der Waals surface area contributed by atoms with Crippen LogP contribution in [0.4, 0.5) is 0 Å². The van der Waals surface area contributed by atoms with Crippen molar-refractivity contribution >= 4 is 35.8 Å². The van der Waals surface area contributed by atoms with Gasteiger partial charge in [0.05, 0.1) is 7.11 Å². The molecule has 3 rings (SSSR count). The number of methoxy groups -OCH3 is 1. The van der Waals surface area contributed by atoms with Crippen molar-refractivity contribution < 1.29 is 9.53 Å². The maximum Gasteiger partial charge on any atom is 0.223 e. The fourth-order valence-corrected chi connectivity index (χ4v) is 3.51. The standard InChI is InChI=1S/C23H30N4O2.HI/c1-17-10-11-18(21(13-17)29-3)14-26-23(24-2)25-12-6-9-22(28)27-15-19-7-4-5-8-20(19)16-27;/h4-5,7-8,10-11,13H,6,9,12,14-16H2,1-3H3,(H2,24,25,26);1H. The van der Waals surface area contributed by atoms with E-state index in [4.69, 9.17) is 4.74 Å². The number of fused-ring (bicyclic) bond motifs is 1. The average Bonchev–Trinajstić information content (AvgIpc) is 3.18. The van der Waals surface area contributed by atoms with E-state index in [1.165, 1.54) is 16.7 Å². The first kappa shape index (κ1) is 24.0. The van der Waals surface area contributed by atoms with E-state index in [1.807, 2.05) is 30.0 Å². The summed E-state index contributed by atoms with van der Waals surface area (Å²) in [7, 11) is 3.43. The summed E-state index contributed by atoms with van der Waals surface area (Å²) in [4.78, 5) is 18.7. The van der Waals surface area contributed by atoms with Crippen molar-refractivity contribution in [1.29, 1.82) is 0 Å². The quantitative estimate of drug-likeness (QED) is 0.253. The zero-order chi connectivity index (χ0) is 20.6. The van der Waals surface area contributed by atoms with Gasteiger partial charge in [0.15, 0.2) is 5.96 Å². The van der Waals surface area contributed by atoms with E-state index in [2.05, 4.69) is 39.9 Å². The molecule has 0 radical (unpaired) electrons. The van der Waals surface area contributed by atoms with Gasteiger partial charge in [0.1, 0.15) is 5.75 Å². The first-order valence-corrected chi connectivity index (χ1v) is 10.0. The summed E-state index contributed by atoms with van der Waals surface area (Å²) in [6, 6.07) is 14.4. The van der Waals surface area contributed by atoms with Crippen LogP contribution in [0.15, 0.2) is 47.5 Å². The molecule has 1 aliphatic rings. The Morgan fingerprint density at radius 2 is 1.83 bits per heavy atom. The number of carbonyl (C=O) groups is 1. The highest BCUT2D eigenvalue weighted by Gasteiger charge is 2.22. The van der Waals surface area contributed by atoms with E-state index in [9.17, 15) is 4.79 Å². The van der Waals surface area contributed by atoms with Gasteiger partial charge < -0.3 is 20.3 Å². The Hall–Kier alpha value is -2.29. The molecule has 2 N–H and O–H groups in total. The zero-order valence-electron chi connectivity index (χ0n) is 17.9. The molecule has 6 nitrogen and oxygen atoms in total. The van der Waals surface area contributed by atoms with Crippen LogP contribution in [-0.2, 0) is 24.4 Å². The minimum atomic E-state index is 0. The van der Waals surface area contributed by atoms with Crippen LogP contribution in [0, 0.1) is 6.92 Å². The first-order chi connectivity index (χ1) is 14.1. The lowest BCUT2D eigenvalue weighted by Crippen LogP contribution is -2.37. The number of guanidine groups is 1. The largest absolute Gasteiger partial charge is 0.496 e. The van der Waals surface area contributed by atoms with Gasteiger partial charge in [-0.05, 0) is 36.1 Å². The van der Waals surface area contributed by atoms with Gasteiger partial charge in [-0.1, -0.05) is 36.4 Å². The van der Waals surface area contributed by atoms with E-state index in [0.717, 1.165) is 30.8 Å². The smallest absolute Gasteiger partial charge is 0.223 e. The number of halogens is 1. The Morgan fingerprint density at radius 3 is 2.47 bits per heavy atom. The molecule has 0 unspecified atom stereocenters. The minimum absolute atomic E-state index is 0. The van der Waals surface area contributed by atoms with Crippen molar-refractivity contribution in [2.45, 2.75) is 39.4 Å². The number of benzene rings is 2. The number of hydrogen-bond donors (Lipinski definition) is 2. The second-order valence-corrected chi connectivity index (χ2v) is 7.29. The molecule has 30 heavy (non-hydrogen) atoms. The molecule has 2 aromatic rings. The Morgan fingerprint density at radius 1 is 1.13 bits per heavy atom. The monoisotopic (exact) mass is 522 g/mol. The highest BCUT2D eigenvalue weighted by molar-refractivity contribution is 14.0. The molecule has 0 saturated carbocycles. The van der Waals surface area contributed by atoms with Crippen molar-refractivity contribution in [3.8, 4) is 5.75 Å². The highest BCUT2D eigenvalue weighted by Crippen LogP contribution is 2.23. The van der Waals surface area contributed by atoms with Crippen LogP contribution in [-0.4, -0.2) is 37.5 Å². The maximum absolute atomic E-state index is 12.5. The second-order valence-electron chi connectivity index (χ2n) is 7.29. The molecule has 0 aliphatic carbocycles. The molecule has 1 heterocycles. The predicted octanol–water partition coefficient (Wildman–Crippen LogP) is 3.61. The second kappa shape index (κ2) is 11.8. The maximum atomic E-state index is 12.5. The van der Waals surface area contributed by atoms with Gasteiger partial charge in [0, 0.05) is 45.2 Å². The summed E-state index contributed by atoms with van der Waals surface area (Å²) in [5.41, 5.74) is 4.76. The molecular formula is C23H31IN4O2. The third-order valence-corrected chi connectivity index (χ3v) is 5.17. The van der Waals surface area contributed by atoms with Crippen LogP contribution in [0.25, 0.3) is 0 Å². The highest BCUT2D eigenvalue weighted by atomic mass is 127. The van der Waals surface area contributed by atoms with Gasteiger partial charge >= 0.3 is 0 Å². The van der Waals surface area contributed by atoms with Gasteiger partial charge in [0.25, 0.3) is 0 Å². The van der Waals surface area contributed by atoms with Crippen molar-refractivity contribution in [1.82, 2.24) is 15.5 Å². The number of nitrogens with zero attached hydrogens (tertiary/aromatic N) is 2. The number of aliphatic imine (C=N–C) groups is 1. The van der Waals surface area contributed by atoms with Crippen molar-refractivity contribution in [3.05, 3.63) is 64.7 Å². The molecule has 0 fully saturated rings. The molecule has 1 amide bonds. The molecule has 0 aromatic heterocycles. The predicted molar refractivity (Wildman–Crippen MR) is 131 cm³/mol. The van der Waals surface area contributed by atoms with Gasteiger partial charge in [0.2, 0.25) is 5.91 Å². The molecule has 7 heteroatoms. The molecule has 1 aliphatic heterocycles. The summed E-state index contributed by atoms with van der Waals surface area (Å²) in [5, 5.41) is 6.58. The summed E-state index contributed by atoms with van der Waals surface area (Å²) in [5.74, 6) is 1.79. The van der Waals surface area contributed by atoms with Gasteiger partial charge in [-0.2, -0.15) is 0 Å². The number of rotatable bonds is 7. The lowest BCUT2D eigenvalue weighted by molar-refractivity contribution is -0.131. The van der Waals surface area contributed by atoms with Crippen LogP contribution in [0.2, 0.25) is 0 Å². The lowest BCUT2D eigenvalue weighted by atomic mass is 10.1. The normalized spacial score (nSPS) is 12.8.